The molecule has 3 aromatic rings. The summed E-state index contributed by atoms with van der Waals surface area (Å²) in [5, 5.41) is 0. The van der Waals surface area contributed by atoms with Gasteiger partial charge in [0.2, 0.25) is 5.88 Å². The molecule has 0 unspecified atom stereocenters. The van der Waals surface area contributed by atoms with Gasteiger partial charge in [0.25, 0.3) is 0 Å². The Labute approximate surface area is 135 Å². The third kappa shape index (κ3) is 3.66. The maximum atomic E-state index is 5.39. The lowest BCUT2D eigenvalue weighted by Crippen LogP contribution is -2.19. The van der Waals surface area contributed by atoms with Gasteiger partial charge in [-0.15, -0.1) is 0 Å². The Morgan fingerprint density at radius 1 is 1.13 bits per heavy atom. The molecule has 0 saturated heterocycles. The zero-order valence-corrected chi connectivity index (χ0v) is 13.2. The Bertz CT molecular complexity index is 756. The Hall–Kier alpha value is -2.89. The zero-order chi connectivity index (χ0) is 16.1. The summed E-state index contributed by atoms with van der Waals surface area (Å²) in [7, 11) is 1.95. The first-order valence-corrected chi connectivity index (χ1v) is 7.51. The van der Waals surface area contributed by atoms with E-state index in [1.165, 1.54) is 0 Å². The maximum Gasteiger partial charge on any atom is 0.234 e. The summed E-state index contributed by atoms with van der Waals surface area (Å²) in [6.45, 7) is 3.10. The van der Waals surface area contributed by atoms with Gasteiger partial charge in [-0.25, -0.2) is 4.98 Å². The van der Waals surface area contributed by atoms with E-state index < -0.39 is 0 Å². The molecule has 6 nitrogen and oxygen atoms in total. The summed E-state index contributed by atoms with van der Waals surface area (Å²) in [6, 6.07) is 10.1. The molecule has 1 aromatic carbocycles. The summed E-state index contributed by atoms with van der Waals surface area (Å²) in [6.07, 6.45) is 5.17. The zero-order valence-electron chi connectivity index (χ0n) is 13.2. The SMILES string of the molecule is CCOc1cncc(N(C)Cc2ncc(-c3ccccc3)[nH]2)n1. The van der Waals surface area contributed by atoms with Crippen LogP contribution in [-0.2, 0) is 6.54 Å². The number of benzene rings is 1. The van der Waals surface area contributed by atoms with Gasteiger partial charge in [0.15, 0.2) is 5.82 Å². The monoisotopic (exact) mass is 309 g/mol. The average molecular weight is 309 g/mol. The molecule has 0 aliphatic rings. The van der Waals surface area contributed by atoms with Crippen molar-refractivity contribution in [2.45, 2.75) is 13.5 Å². The van der Waals surface area contributed by atoms with Gasteiger partial charge in [-0.2, -0.15) is 4.98 Å². The van der Waals surface area contributed by atoms with Crippen molar-refractivity contribution in [3.05, 3.63) is 54.7 Å². The van der Waals surface area contributed by atoms with Gasteiger partial charge in [-0.1, -0.05) is 30.3 Å². The minimum atomic E-state index is 0.529. The number of H-pyrrole nitrogens is 1. The van der Waals surface area contributed by atoms with Crippen LogP contribution in [0, 0.1) is 0 Å². The number of hydrogen-bond donors (Lipinski definition) is 1. The van der Waals surface area contributed by atoms with E-state index in [0.29, 0.717) is 19.0 Å². The summed E-state index contributed by atoms with van der Waals surface area (Å²) in [4.78, 5) is 18.3. The van der Waals surface area contributed by atoms with E-state index in [2.05, 4.69) is 32.1 Å². The van der Waals surface area contributed by atoms with E-state index >= 15 is 0 Å². The lowest BCUT2D eigenvalue weighted by Gasteiger charge is -2.16. The molecule has 0 aliphatic carbocycles. The molecule has 0 bridgehead atoms. The fraction of sp³-hybridized carbons (Fsp3) is 0.235. The number of imidazole rings is 1. The maximum absolute atomic E-state index is 5.39. The molecule has 23 heavy (non-hydrogen) atoms. The van der Waals surface area contributed by atoms with Crippen molar-refractivity contribution in [2.24, 2.45) is 0 Å². The van der Waals surface area contributed by atoms with Crippen molar-refractivity contribution >= 4 is 5.82 Å². The first-order valence-electron chi connectivity index (χ1n) is 7.51. The Morgan fingerprint density at radius 3 is 2.74 bits per heavy atom. The number of ether oxygens (including phenoxy) is 1. The average Bonchev–Trinajstić information content (AvgIpc) is 3.05. The Morgan fingerprint density at radius 2 is 1.96 bits per heavy atom. The van der Waals surface area contributed by atoms with Gasteiger partial charge in [-0.3, -0.25) is 4.98 Å². The smallest absolute Gasteiger partial charge is 0.234 e. The van der Waals surface area contributed by atoms with Crippen molar-refractivity contribution in [3.63, 3.8) is 0 Å². The third-order valence-electron chi connectivity index (χ3n) is 3.38. The van der Waals surface area contributed by atoms with Crippen LogP contribution in [-0.4, -0.2) is 33.6 Å². The van der Waals surface area contributed by atoms with E-state index in [0.717, 1.165) is 22.9 Å². The first kappa shape index (κ1) is 15.0. The van der Waals surface area contributed by atoms with Gasteiger partial charge >= 0.3 is 0 Å². The third-order valence-corrected chi connectivity index (χ3v) is 3.38. The number of anilines is 1. The van der Waals surface area contributed by atoms with Crippen LogP contribution in [0.2, 0.25) is 0 Å². The van der Waals surface area contributed by atoms with Gasteiger partial charge in [0, 0.05) is 7.05 Å². The number of hydrogen-bond acceptors (Lipinski definition) is 5. The van der Waals surface area contributed by atoms with Crippen molar-refractivity contribution in [3.8, 4) is 17.1 Å². The number of nitrogens with zero attached hydrogens (tertiary/aromatic N) is 4. The molecule has 2 aromatic heterocycles. The molecule has 0 atom stereocenters. The van der Waals surface area contributed by atoms with Gasteiger partial charge in [0.05, 0.1) is 37.4 Å². The van der Waals surface area contributed by atoms with E-state index in [1.54, 1.807) is 12.4 Å². The lowest BCUT2D eigenvalue weighted by molar-refractivity contribution is 0.325. The minimum Gasteiger partial charge on any atom is -0.477 e. The number of aromatic nitrogens is 4. The fourth-order valence-electron chi connectivity index (χ4n) is 2.25. The lowest BCUT2D eigenvalue weighted by atomic mass is 10.2. The highest BCUT2D eigenvalue weighted by Gasteiger charge is 2.09. The van der Waals surface area contributed by atoms with Crippen molar-refractivity contribution in [1.29, 1.82) is 0 Å². The standard InChI is InChI=1S/C17H19N5O/c1-3-23-17-11-18-10-16(21-17)22(2)12-15-19-9-14(20-15)13-7-5-4-6-8-13/h4-11H,3,12H2,1-2H3,(H,19,20). The highest BCUT2D eigenvalue weighted by atomic mass is 16.5. The highest BCUT2D eigenvalue weighted by Crippen LogP contribution is 2.18. The van der Waals surface area contributed by atoms with Crippen LogP contribution in [0.4, 0.5) is 5.82 Å². The molecule has 0 radical (unpaired) electrons. The molecular weight excluding hydrogens is 290 g/mol. The van der Waals surface area contributed by atoms with Crippen LogP contribution in [0.1, 0.15) is 12.7 Å². The van der Waals surface area contributed by atoms with Crippen LogP contribution in [0.3, 0.4) is 0 Å². The molecule has 0 aliphatic heterocycles. The Balaban J connectivity index is 1.72. The van der Waals surface area contributed by atoms with Crippen molar-refractivity contribution in [1.82, 2.24) is 19.9 Å². The molecule has 0 spiro atoms. The fourth-order valence-corrected chi connectivity index (χ4v) is 2.25. The number of aromatic amines is 1. The summed E-state index contributed by atoms with van der Waals surface area (Å²) in [5.41, 5.74) is 2.12. The summed E-state index contributed by atoms with van der Waals surface area (Å²) < 4.78 is 5.39. The second-order valence-corrected chi connectivity index (χ2v) is 5.11. The van der Waals surface area contributed by atoms with E-state index in [9.17, 15) is 0 Å². The number of nitrogens with one attached hydrogen (secondary N) is 1. The molecule has 3 rings (SSSR count). The second-order valence-electron chi connectivity index (χ2n) is 5.11. The van der Waals surface area contributed by atoms with Crippen LogP contribution < -0.4 is 9.64 Å². The minimum absolute atomic E-state index is 0.529. The van der Waals surface area contributed by atoms with Crippen LogP contribution in [0.5, 0.6) is 5.88 Å². The molecule has 0 saturated carbocycles. The molecule has 118 valence electrons. The normalized spacial score (nSPS) is 10.5. The largest absolute Gasteiger partial charge is 0.477 e. The molecule has 6 heteroatoms. The molecule has 0 amide bonds. The second kappa shape index (κ2) is 6.91. The summed E-state index contributed by atoms with van der Waals surface area (Å²) in [5.74, 6) is 2.14. The molecular formula is C17H19N5O. The predicted octanol–water partition coefficient (Wildman–Crippen LogP) is 2.90. The van der Waals surface area contributed by atoms with Crippen LogP contribution in [0.25, 0.3) is 11.3 Å². The quantitative estimate of drug-likeness (QED) is 0.758. The van der Waals surface area contributed by atoms with Crippen LogP contribution in [0.15, 0.2) is 48.9 Å². The molecule has 2 heterocycles. The molecule has 0 fully saturated rings. The van der Waals surface area contributed by atoms with E-state index in [4.69, 9.17) is 4.74 Å². The first-order chi connectivity index (χ1) is 11.3. The van der Waals surface area contributed by atoms with Gasteiger partial charge < -0.3 is 14.6 Å². The van der Waals surface area contributed by atoms with E-state index in [-0.39, 0.29) is 0 Å². The molecule has 1 N–H and O–H groups in total. The van der Waals surface area contributed by atoms with Crippen molar-refractivity contribution < 1.29 is 4.74 Å². The summed E-state index contributed by atoms with van der Waals surface area (Å²) >= 11 is 0. The number of rotatable bonds is 6. The topological polar surface area (TPSA) is 66.9 Å². The van der Waals surface area contributed by atoms with Gasteiger partial charge in [0.1, 0.15) is 5.82 Å². The van der Waals surface area contributed by atoms with Crippen LogP contribution >= 0.6 is 0 Å². The highest BCUT2D eigenvalue weighted by molar-refractivity contribution is 5.58. The predicted molar refractivity (Wildman–Crippen MR) is 89.3 cm³/mol. The van der Waals surface area contributed by atoms with E-state index in [1.807, 2.05) is 43.3 Å². The van der Waals surface area contributed by atoms with Gasteiger partial charge in [-0.05, 0) is 12.5 Å². The van der Waals surface area contributed by atoms with Crippen molar-refractivity contribution in [2.75, 3.05) is 18.6 Å². The Kier molecular flexibility index (Phi) is 4.52.